The van der Waals surface area contributed by atoms with Gasteiger partial charge in [-0.1, -0.05) is 290 Å². The van der Waals surface area contributed by atoms with Gasteiger partial charge in [-0.25, -0.2) is 0 Å². The normalized spacial score (nSPS) is 10.5. The second-order valence-electron chi connectivity index (χ2n) is 18.3. The first-order valence-electron chi connectivity index (χ1n) is 27.0. The van der Waals surface area contributed by atoms with Crippen LogP contribution in [-0.2, 0) is 33.9 Å². The van der Waals surface area contributed by atoms with Crippen molar-refractivity contribution in [2.75, 3.05) is 0 Å². The molecule has 0 amide bonds. The Labute approximate surface area is 411 Å². The van der Waals surface area contributed by atoms with E-state index >= 15 is 0 Å². The number of carbonyl (C=O) groups is 3. The first-order chi connectivity index (χ1) is 29.3. The fraction of sp³-hybridized carbons (Fsp3) is 0.944. The van der Waals surface area contributed by atoms with E-state index in [4.69, 9.17) is 15.3 Å². The van der Waals surface area contributed by atoms with Gasteiger partial charge in [0.2, 0.25) is 0 Å². The maximum atomic E-state index is 10.3. The number of carboxylic acids is 3. The van der Waals surface area contributed by atoms with Gasteiger partial charge < -0.3 is 15.3 Å². The Balaban J connectivity index is -0.000000258. The minimum atomic E-state index is -0.653. The van der Waals surface area contributed by atoms with Gasteiger partial charge in [0.05, 0.1) is 0 Å². The Bertz CT molecular complexity index is 724. The van der Waals surface area contributed by atoms with E-state index in [1.165, 1.54) is 250 Å². The van der Waals surface area contributed by atoms with E-state index in [9.17, 15) is 14.4 Å². The third-order valence-corrected chi connectivity index (χ3v) is 12.0. The third kappa shape index (κ3) is 79.9. The van der Waals surface area contributed by atoms with Crippen molar-refractivity contribution in [3.05, 3.63) is 0 Å². The number of rotatable bonds is 48. The van der Waals surface area contributed by atoms with Crippen LogP contribution < -0.4 is 0 Å². The molecule has 8 heteroatoms. The van der Waals surface area contributed by atoms with Crippen LogP contribution in [0.2, 0.25) is 0 Å². The minimum Gasteiger partial charge on any atom is -0.481 e. The van der Waals surface area contributed by atoms with Crippen molar-refractivity contribution in [2.45, 2.75) is 329 Å². The van der Waals surface area contributed by atoms with Crippen molar-refractivity contribution in [3.8, 4) is 0 Å². The summed E-state index contributed by atoms with van der Waals surface area (Å²) in [5, 5.41) is 25.6. The molecule has 0 saturated heterocycles. The maximum absolute atomic E-state index is 10.3. The topological polar surface area (TPSA) is 112 Å². The van der Waals surface area contributed by atoms with Crippen molar-refractivity contribution >= 4 is 35.3 Å². The van der Waals surface area contributed by atoms with Gasteiger partial charge in [-0.15, -0.1) is 0 Å². The molecule has 0 aromatic heterocycles. The van der Waals surface area contributed by atoms with Gasteiger partial charge in [0.1, 0.15) is 0 Å². The van der Waals surface area contributed by atoms with Crippen LogP contribution in [0.5, 0.6) is 0 Å². The number of hydrogen-bond donors (Lipinski definition) is 3. The molecule has 0 aliphatic carbocycles. The number of unbranched alkanes of at least 4 members (excludes halogenated alkanes) is 42. The Morgan fingerprint density at radius 2 is 0.323 bits per heavy atom. The average Bonchev–Trinajstić information content (AvgIpc) is 3.22. The molecule has 0 aliphatic rings. The van der Waals surface area contributed by atoms with Crippen molar-refractivity contribution in [3.63, 3.8) is 0 Å². The summed E-state index contributed by atoms with van der Waals surface area (Å²) in [4.78, 5) is 31.0. The van der Waals surface area contributed by atoms with Crippen LogP contribution in [0.4, 0.5) is 0 Å². The van der Waals surface area contributed by atoms with E-state index in [0.29, 0.717) is 19.3 Å². The van der Waals surface area contributed by atoms with Gasteiger partial charge in [-0.05, 0) is 19.3 Å². The fourth-order valence-electron chi connectivity index (χ4n) is 7.94. The van der Waals surface area contributed by atoms with Crippen LogP contribution in [-0.4, -0.2) is 50.6 Å². The Morgan fingerprint density at radius 3 is 0.419 bits per heavy atom. The number of aliphatic carboxylic acids is 3. The fourth-order valence-corrected chi connectivity index (χ4v) is 7.94. The van der Waals surface area contributed by atoms with Crippen LogP contribution in [0.1, 0.15) is 329 Å². The molecule has 0 bridgehead atoms. The minimum absolute atomic E-state index is 0. The smallest absolute Gasteiger partial charge is 0.303 e. The zero-order valence-electron chi connectivity index (χ0n) is 41.7. The van der Waals surface area contributed by atoms with E-state index in [1.54, 1.807) is 0 Å². The Kier molecular flexibility index (Phi) is 76.5. The molecular formula is C54H111AlO6Zn. The van der Waals surface area contributed by atoms with Gasteiger partial charge in [0.25, 0.3) is 0 Å². The van der Waals surface area contributed by atoms with Gasteiger partial charge in [0, 0.05) is 38.7 Å². The second kappa shape index (κ2) is 67.2. The number of hydrogen-bond acceptors (Lipinski definition) is 3. The standard InChI is InChI=1S/3C18H36O2.Al.Zn.3H/c3*1-2-3-4-5-6-7-8-9-10-11-12-13-14-15-16-17-18(19)20;;;;;/h3*2-17H2,1H3,(H,19,20);;;;;. The predicted octanol–water partition coefficient (Wildman–Crippen LogP) is 17.8. The first kappa shape index (κ1) is 70.6. The van der Waals surface area contributed by atoms with E-state index in [1.807, 2.05) is 0 Å². The summed E-state index contributed by atoms with van der Waals surface area (Å²) < 4.78 is 0. The van der Waals surface area contributed by atoms with Gasteiger partial charge in [0.15, 0.2) is 17.4 Å². The summed E-state index contributed by atoms with van der Waals surface area (Å²) in [5.74, 6) is -1.96. The molecule has 0 saturated carbocycles. The van der Waals surface area contributed by atoms with Gasteiger partial charge >= 0.3 is 17.9 Å². The molecule has 3 N–H and O–H groups in total. The summed E-state index contributed by atoms with van der Waals surface area (Å²) in [6.45, 7) is 6.81. The molecule has 0 radical (unpaired) electrons. The van der Waals surface area contributed by atoms with E-state index in [-0.39, 0.29) is 36.8 Å². The number of carboxylic acid groups (broad SMARTS) is 3. The summed E-state index contributed by atoms with van der Waals surface area (Å²) in [7, 11) is 0. The first-order valence-corrected chi connectivity index (χ1v) is 27.0. The van der Waals surface area contributed by atoms with E-state index in [0.717, 1.165) is 38.5 Å². The second-order valence-corrected chi connectivity index (χ2v) is 18.3. The molecule has 0 aromatic carbocycles. The molecule has 6 nitrogen and oxygen atoms in total. The molecule has 368 valence electrons. The van der Waals surface area contributed by atoms with Crippen LogP contribution in [0.15, 0.2) is 0 Å². The maximum Gasteiger partial charge on any atom is 0.303 e. The van der Waals surface area contributed by atoms with Crippen LogP contribution in [0.25, 0.3) is 0 Å². The summed E-state index contributed by atoms with van der Waals surface area (Å²) in [6, 6.07) is 0. The SMILES string of the molecule is CCCCCCCCCCCCCCCCCC(=O)O.CCCCCCCCCCCCCCCCCC(=O)O.CCCCCCCCCCCCCCCCCC(=O)O.[AlH3].[Zn]. The summed E-state index contributed by atoms with van der Waals surface area (Å²) in [5.41, 5.74) is 0. The zero-order chi connectivity index (χ0) is 44.7. The molecule has 0 heterocycles. The molecule has 0 spiro atoms. The van der Waals surface area contributed by atoms with Crippen molar-refractivity contribution < 1.29 is 49.2 Å². The molecule has 0 unspecified atom stereocenters. The summed E-state index contributed by atoms with van der Waals surface area (Å²) in [6.07, 6.45) is 60.6. The quantitative estimate of drug-likeness (QED) is 0.0414. The largest absolute Gasteiger partial charge is 0.481 e. The predicted molar refractivity (Wildman–Crippen MR) is 271 cm³/mol. The van der Waals surface area contributed by atoms with Crippen molar-refractivity contribution in [1.29, 1.82) is 0 Å². The van der Waals surface area contributed by atoms with Crippen molar-refractivity contribution in [1.82, 2.24) is 0 Å². The van der Waals surface area contributed by atoms with E-state index < -0.39 is 17.9 Å². The van der Waals surface area contributed by atoms with Gasteiger partial charge in [-0.3, -0.25) is 14.4 Å². The average molecular weight is 949 g/mol. The molecular weight excluding hydrogens is 837 g/mol. The molecule has 0 fully saturated rings. The molecule has 0 rings (SSSR count). The van der Waals surface area contributed by atoms with Crippen LogP contribution in [0, 0.1) is 0 Å². The van der Waals surface area contributed by atoms with Crippen LogP contribution in [0.3, 0.4) is 0 Å². The Hall–Kier alpha value is -0.434. The van der Waals surface area contributed by atoms with Crippen molar-refractivity contribution in [2.24, 2.45) is 0 Å². The summed E-state index contributed by atoms with van der Waals surface area (Å²) >= 11 is 0. The molecule has 0 atom stereocenters. The third-order valence-electron chi connectivity index (χ3n) is 12.0. The monoisotopic (exact) mass is 947 g/mol. The molecule has 0 aromatic rings. The zero-order valence-corrected chi connectivity index (χ0v) is 44.7. The molecule has 0 aliphatic heterocycles. The van der Waals surface area contributed by atoms with E-state index in [2.05, 4.69) is 20.8 Å². The Morgan fingerprint density at radius 1 is 0.226 bits per heavy atom. The molecule has 62 heavy (non-hydrogen) atoms. The van der Waals surface area contributed by atoms with Crippen LogP contribution >= 0.6 is 0 Å². The van der Waals surface area contributed by atoms with Gasteiger partial charge in [-0.2, -0.15) is 0 Å².